The second kappa shape index (κ2) is 9.98. The van der Waals surface area contributed by atoms with Gasteiger partial charge in [-0.2, -0.15) is 0 Å². The Hall–Kier alpha value is -1.52. The topological polar surface area (TPSA) is 65.5 Å². The first-order valence-corrected chi connectivity index (χ1v) is 8.28. The second-order valence-electron chi connectivity index (χ2n) is 6.26. The zero-order valence-corrected chi connectivity index (χ0v) is 17.1. The van der Waals surface area contributed by atoms with Gasteiger partial charge in [0, 0.05) is 13.6 Å². The highest BCUT2D eigenvalue weighted by atomic mass is 127. The molecule has 1 aliphatic rings. The molecule has 146 valence electrons. The average molecular weight is 484 g/mol. The van der Waals surface area contributed by atoms with E-state index in [1.807, 2.05) is 0 Å². The molecule has 0 aromatic heterocycles. The third-order valence-electron chi connectivity index (χ3n) is 4.74. The maximum atomic E-state index is 13.5. The van der Waals surface area contributed by atoms with Crippen LogP contribution < -0.4 is 16.0 Å². The molecule has 0 spiro atoms. The molecule has 5 nitrogen and oxygen atoms in total. The van der Waals surface area contributed by atoms with Crippen molar-refractivity contribution in [2.45, 2.75) is 32.6 Å². The molecule has 0 radical (unpaired) electrons. The first kappa shape index (κ1) is 22.5. The van der Waals surface area contributed by atoms with Crippen molar-refractivity contribution in [1.29, 1.82) is 0 Å². The Bertz CT molecular complexity index is 660. The number of hydrogen-bond acceptors (Lipinski definition) is 2. The lowest BCUT2D eigenvalue weighted by molar-refractivity contribution is -0.115. The van der Waals surface area contributed by atoms with Crippen molar-refractivity contribution in [3.63, 3.8) is 0 Å². The van der Waals surface area contributed by atoms with Gasteiger partial charge < -0.3 is 16.0 Å². The Labute approximate surface area is 168 Å². The molecule has 0 unspecified atom stereocenters. The minimum Gasteiger partial charge on any atom is -0.356 e. The zero-order valence-electron chi connectivity index (χ0n) is 14.8. The van der Waals surface area contributed by atoms with Crippen LogP contribution in [0.5, 0.6) is 0 Å². The largest absolute Gasteiger partial charge is 0.356 e. The fraction of sp³-hybridized carbons (Fsp3) is 0.529. The fourth-order valence-electron chi connectivity index (χ4n) is 2.80. The molecule has 1 fully saturated rings. The normalized spacial score (nSPS) is 15.5. The van der Waals surface area contributed by atoms with E-state index < -0.39 is 29.0 Å². The van der Waals surface area contributed by atoms with Crippen LogP contribution in [0.4, 0.5) is 18.9 Å². The Morgan fingerprint density at radius 2 is 1.88 bits per heavy atom. The predicted octanol–water partition coefficient (Wildman–Crippen LogP) is 3.41. The molecular weight excluding hydrogens is 460 g/mol. The number of amides is 1. The van der Waals surface area contributed by atoms with E-state index in [4.69, 9.17) is 0 Å². The van der Waals surface area contributed by atoms with E-state index in [1.54, 1.807) is 7.05 Å². The summed E-state index contributed by atoms with van der Waals surface area (Å²) in [6.07, 6.45) is 4.64. The molecule has 1 aromatic carbocycles. The summed E-state index contributed by atoms with van der Waals surface area (Å²) < 4.78 is 39.6. The van der Waals surface area contributed by atoms with E-state index in [2.05, 4.69) is 27.9 Å². The summed E-state index contributed by atoms with van der Waals surface area (Å²) in [5.74, 6) is -4.49. The molecule has 26 heavy (non-hydrogen) atoms. The average Bonchev–Trinajstić information content (AvgIpc) is 2.57. The summed E-state index contributed by atoms with van der Waals surface area (Å²) in [6, 6.07) is 1.73. The van der Waals surface area contributed by atoms with Crippen LogP contribution in [0.15, 0.2) is 17.1 Å². The van der Waals surface area contributed by atoms with Crippen LogP contribution in [0.1, 0.15) is 32.6 Å². The van der Waals surface area contributed by atoms with Crippen LogP contribution in [0.3, 0.4) is 0 Å². The summed E-state index contributed by atoms with van der Waals surface area (Å²) in [7, 11) is 1.58. The molecule has 1 aliphatic carbocycles. The van der Waals surface area contributed by atoms with Gasteiger partial charge in [-0.05, 0) is 36.8 Å². The highest BCUT2D eigenvalue weighted by Crippen LogP contribution is 2.42. The van der Waals surface area contributed by atoms with Gasteiger partial charge in [-0.1, -0.05) is 13.3 Å². The summed E-state index contributed by atoms with van der Waals surface area (Å²) >= 11 is 0. The fourth-order valence-corrected chi connectivity index (χ4v) is 2.80. The van der Waals surface area contributed by atoms with Gasteiger partial charge in [0.25, 0.3) is 0 Å². The smallest absolute Gasteiger partial charge is 0.243 e. The molecule has 1 amide bonds. The highest BCUT2D eigenvalue weighted by molar-refractivity contribution is 14.0. The predicted molar refractivity (Wildman–Crippen MR) is 106 cm³/mol. The van der Waals surface area contributed by atoms with Crippen molar-refractivity contribution in [1.82, 2.24) is 10.6 Å². The van der Waals surface area contributed by atoms with E-state index in [1.165, 1.54) is 19.3 Å². The summed E-state index contributed by atoms with van der Waals surface area (Å²) in [4.78, 5) is 15.9. The molecule has 0 atom stereocenters. The lowest BCUT2D eigenvalue weighted by Crippen LogP contribution is -2.47. The lowest BCUT2D eigenvalue weighted by Gasteiger charge is -2.41. The molecule has 2 rings (SSSR count). The van der Waals surface area contributed by atoms with E-state index in [-0.39, 0.29) is 35.9 Å². The van der Waals surface area contributed by atoms with Crippen molar-refractivity contribution < 1.29 is 18.0 Å². The quantitative estimate of drug-likeness (QED) is 0.251. The third-order valence-corrected chi connectivity index (χ3v) is 4.74. The third kappa shape index (κ3) is 5.49. The van der Waals surface area contributed by atoms with E-state index in [0.29, 0.717) is 5.96 Å². The maximum absolute atomic E-state index is 13.5. The number of aliphatic imine (C=N–C) groups is 1. The van der Waals surface area contributed by atoms with Gasteiger partial charge >= 0.3 is 0 Å². The van der Waals surface area contributed by atoms with E-state index in [0.717, 1.165) is 25.1 Å². The number of anilines is 1. The van der Waals surface area contributed by atoms with Gasteiger partial charge in [-0.3, -0.25) is 9.79 Å². The molecule has 0 aliphatic heterocycles. The number of nitrogens with one attached hydrogen (secondary N) is 3. The second-order valence-corrected chi connectivity index (χ2v) is 6.26. The van der Waals surface area contributed by atoms with Gasteiger partial charge in [0.1, 0.15) is 0 Å². The number of carbonyl (C=O) groups is 1. The summed E-state index contributed by atoms with van der Waals surface area (Å²) in [6.45, 7) is 2.74. The SMILES string of the molecule is CCC1(CNC(=NC)NCC(=O)Nc2ccc(F)c(F)c2F)CCC1.I. The number of hydrogen-bond donors (Lipinski definition) is 3. The highest BCUT2D eigenvalue weighted by Gasteiger charge is 2.34. The molecule has 0 saturated heterocycles. The number of carbonyl (C=O) groups excluding carboxylic acids is 1. The molecule has 1 saturated carbocycles. The maximum Gasteiger partial charge on any atom is 0.243 e. The molecule has 1 aromatic rings. The first-order chi connectivity index (χ1) is 11.9. The van der Waals surface area contributed by atoms with E-state index in [9.17, 15) is 18.0 Å². The van der Waals surface area contributed by atoms with Gasteiger partial charge in [0.05, 0.1) is 12.2 Å². The van der Waals surface area contributed by atoms with Gasteiger partial charge in [0.2, 0.25) is 5.91 Å². The molecule has 0 heterocycles. The molecule has 9 heteroatoms. The van der Waals surface area contributed by atoms with E-state index >= 15 is 0 Å². The molecule has 3 N–H and O–H groups in total. The summed E-state index contributed by atoms with van der Waals surface area (Å²) in [5.41, 5.74) is -0.123. The first-order valence-electron chi connectivity index (χ1n) is 8.28. The van der Waals surface area contributed by atoms with Gasteiger partial charge in [-0.15, -0.1) is 24.0 Å². The van der Waals surface area contributed by atoms with Crippen molar-refractivity contribution >= 4 is 41.5 Å². The Kier molecular flexibility index (Phi) is 8.65. The standard InChI is InChI=1S/C17H23F3N4O.HI/c1-3-17(7-4-8-17)10-23-16(21-2)22-9-13(25)24-12-6-5-11(18)14(19)15(12)20;/h5-6H,3-4,7-10H2,1-2H3,(H,24,25)(H2,21,22,23);1H. The van der Waals surface area contributed by atoms with Crippen LogP contribution in [0, 0.1) is 22.9 Å². The monoisotopic (exact) mass is 484 g/mol. The van der Waals surface area contributed by atoms with Gasteiger partial charge in [-0.25, -0.2) is 13.2 Å². The van der Waals surface area contributed by atoms with Crippen LogP contribution in [0.25, 0.3) is 0 Å². The number of nitrogens with zero attached hydrogens (tertiary/aromatic N) is 1. The van der Waals surface area contributed by atoms with Gasteiger partial charge in [0.15, 0.2) is 23.4 Å². The number of rotatable bonds is 6. The van der Waals surface area contributed by atoms with Crippen molar-refractivity contribution in [2.24, 2.45) is 10.4 Å². The van der Waals surface area contributed by atoms with Crippen molar-refractivity contribution in [3.8, 4) is 0 Å². The Balaban J connectivity index is 0.00000338. The lowest BCUT2D eigenvalue weighted by atomic mass is 9.67. The Morgan fingerprint density at radius 1 is 1.19 bits per heavy atom. The molecule has 0 bridgehead atoms. The molecular formula is C17H24F3IN4O. The van der Waals surface area contributed by atoms with Crippen LogP contribution >= 0.6 is 24.0 Å². The Morgan fingerprint density at radius 3 is 2.42 bits per heavy atom. The van der Waals surface area contributed by atoms with Crippen molar-refractivity contribution in [3.05, 3.63) is 29.6 Å². The van der Waals surface area contributed by atoms with Crippen LogP contribution in [0.2, 0.25) is 0 Å². The zero-order chi connectivity index (χ0) is 18.4. The number of guanidine groups is 1. The summed E-state index contributed by atoms with van der Waals surface area (Å²) in [5, 5.41) is 8.20. The minimum absolute atomic E-state index is 0. The number of benzene rings is 1. The number of halogens is 4. The minimum atomic E-state index is -1.62. The van der Waals surface area contributed by atoms with Crippen LogP contribution in [-0.2, 0) is 4.79 Å². The van der Waals surface area contributed by atoms with Crippen LogP contribution in [-0.4, -0.2) is 32.0 Å². The van der Waals surface area contributed by atoms with Crippen molar-refractivity contribution in [2.75, 3.05) is 25.5 Å².